The molecule has 0 atom stereocenters. The van der Waals surface area contributed by atoms with E-state index < -0.39 is 0 Å². The summed E-state index contributed by atoms with van der Waals surface area (Å²) in [5.74, 6) is 0. The van der Waals surface area contributed by atoms with Crippen molar-refractivity contribution in [1.82, 2.24) is 4.98 Å². The Bertz CT molecular complexity index is 794. The summed E-state index contributed by atoms with van der Waals surface area (Å²) < 4.78 is 0. The van der Waals surface area contributed by atoms with Crippen LogP contribution in [0.5, 0.6) is 0 Å². The van der Waals surface area contributed by atoms with Gasteiger partial charge in [-0.25, -0.2) is 0 Å². The number of aryl methyl sites for hydroxylation is 1. The fourth-order valence-corrected chi connectivity index (χ4v) is 4.09. The fourth-order valence-electron chi connectivity index (χ4n) is 2.06. The van der Waals surface area contributed by atoms with E-state index >= 15 is 0 Å². The van der Waals surface area contributed by atoms with Gasteiger partial charge in [-0.15, -0.1) is 22.7 Å². The van der Waals surface area contributed by atoms with Gasteiger partial charge in [0.25, 0.3) is 0 Å². The third-order valence-electron chi connectivity index (χ3n) is 2.98. The summed E-state index contributed by atoms with van der Waals surface area (Å²) in [6.45, 7) is 2.07. The molecule has 3 heterocycles. The maximum Gasteiger partial charge on any atom is 0.129 e. The predicted molar refractivity (Wildman–Crippen MR) is 84.7 cm³/mol. The molecule has 20 heavy (non-hydrogen) atoms. The zero-order chi connectivity index (χ0) is 14.1. The normalized spacial score (nSPS) is 10.4. The summed E-state index contributed by atoms with van der Waals surface area (Å²) in [7, 11) is 0. The lowest BCUT2D eigenvalue weighted by atomic mass is 10.1. The standard InChI is InChI=1S/C15H11N3S2/c1-9-2-3-11(19-9)15-13(10-4-6-18-7-5-10)14(17)12(8-16)20-15/h2-7H,17H2,1H3. The van der Waals surface area contributed by atoms with Crippen LogP contribution in [-0.2, 0) is 0 Å². The van der Waals surface area contributed by atoms with Crippen molar-refractivity contribution in [1.29, 1.82) is 5.26 Å². The van der Waals surface area contributed by atoms with Gasteiger partial charge in [0.2, 0.25) is 0 Å². The average molecular weight is 297 g/mol. The van der Waals surface area contributed by atoms with Gasteiger partial charge in [0, 0.05) is 27.7 Å². The molecule has 0 aliphatic rings. The number of nitrogen functional groups attached to an aromatic ring is 1. The molecule has 0 bridgehead atoms. The molecule has 0 aliphatic heterocycles. The Labute approximate surface area is 125 Å². The molecule has 0 fully saturated rings. The van der Waals surface area contributed by atoms with Crippen molar-refractivity contribution >= 4 is 28.4 Å². The number of thiophene rings is 2. The third-order valence-corrected chi connectivity index (χ3v) is 5.27. The number of nitrogens with zero attached hydrogens (tertiary/aromatic N) is 2. The van der Waals surface area contributed by atoms with Gasteiger partial charge in [0.05, 0.1) is 10.6 Å². The van der Waals surface area contributed by atoms with Gasteiger partial charge >= 0.3 is 0 Å². The largest absolute Gasteiger partial charge is 0.396 e. The molecule has 0 spiro atoms. The molecule has 3 rings (SSSR count). The van der Waals surface area contributed by atoms with E-state index in [4.69, 9.17) is 5.73 Å². The van der Waals surface area contributed by atoms with Crippen LogP contribution in [0.4, 0.5) is 5.69 Å². The Hall–Kier alpha value is -2.16. The van der Waals surface area contributed by atoms with E-state index in [1.807, 2.05) is 12.1 Å². The van der Waals surface area contributed by atoms with Crippen molar-refractivity contribution in [2.75, 3.05) is 5.73 Å². The zero-order valence-electron chi connectivity index (χ0n) is 10.8. The Kier molecular flexibility index (Phi) is 3.26. The lowest BCUT2D eigenvalue weighted by Gasteiger charge is -2.03. The molecule has 2 N–H and O–H groups in total. The highest BCUT2D eigenvalue weighted by atomic mass is 32.1. The van der Waals surface area contributed by atoms with Gasteiger partial charge in [-0.05, 0) is 36.8 Å². The van der Waals surface area contributed by atoms with Crippen LogP contribution in [0.3, 0.4) is 0 Å². The SMILES string of the molecule is Cc1ccc(-c2sc(C#N)c(N)c2-c2ccncc2)s1. The number of aromatic nitrogens is 1. The van der Waals surface area contributed by atoms with Gasteiger partial charge in [0.1, 0.15) is 10.9 Å². The monoisotopic (exact) mass is 297 g/mol. The quantitative estimate of drug-likeness (QED) is 0.767. The predicted octanol–water partition coefficient (Wildman–Crippen LogP) is 4.30. The Morgan fingerprint density at radius 2 is 1.90 bits per heavy atom. The molecule has 3 aromatic heterocycles. The smallest absolute Gasteiger partial charge is 0.129 e. The van der Waals surface area contributed by atoms with Crippen LogP contribution in [0.2, 0.25) is 0 Å². The van der Waals surface area contributed by atoms with Crippen LogP contribution in [0.25, 0.3) is 20.9 Å². The van der Waals surface area contributed by atoms with Crippen LogP contribution in [0.1, 0.15) is 9.75 Å². The van der Waals surface area contributed by atoms with Gasteiger partial charge in [-0.3, -0.25) is 4.98 Å². The van der Waals surface area contributed by atoms with Crippen molar-refractivity contribution in [2.45, 2.75) is 6.92 Å². The Balaban J connectivity index is 2.28. The van der Waals surface area contributed by atoms with Crippen LogP contribution < -0.4 is 5.73 Å². The molecular formula is C15H11N3S2. The van der Waals surface area contributed by atoms with Crippen molar-refractivity contribution in [3.8, 4) is 27.0 Å². The number of hydrogen-bond acceptors (Lipinski definition) is 5. The summed E-state index contributed by atoms with van der Waals surface area (Å²) in [5.41, 5.74) is 8.66. The minimum atomic E-state index is 0.560. The van der Waals surface area contributed by atoms with Gasteiger partial charge in [0.15, 0.2) is 0 Å². The van der Waals surface area contributed by atoms with E-state index in [2.05, 4.69) is 30.1 Å². The summed E-state index contributed by atoms with van der Waals surface area (Å²) >= 11 is 3.16. The van der Waals surface area contributed by atoms with Crippen molar-refractivity contribution < 1.29 is 0 Å². The van der Waals surface area contributed by atoms with Crippen LogP contribution in [0.15, 0.2) is 36.7 Å². The molecule has 98 valence electrons. The molecule has 0 saturated heterocycles. The van der Waals surface area contributed by atoms with E-state index in [0.717, 1.165) is 20.9 Å². The molecule has 0 amide bonds. The number of hydrogen-bond donors (Lipinski definition) is 1. The second kappa shape index (κ2) is 5.08. The van der Waals surface area contributed by atoms with E-state index in [-0.39, 0.29) is 0 Å². The van der Waals surface area contributed by atoms with Crippen LogP contribution in [0, 0.1) is 18.3 Å². The van der Waals surface area contributed by atoms with Crippen LogP contribution >= 0.6 is 22.7 Å². The first kappa shape index (κ1) is 12.9. The molecule has 5 heteroatoms. The molecule has 0 aromatic carbocycles. The van der Waals surface area contributed by atoms with E-state index in [1.165, 1.54) is 16.2 Å². The number of anilines is 1. The molecule has 0 unspecified atom stereocenters. The minimum absolute atomic E-state index is 0.560. The highest BCUT2D eigenvalue weighted by molar-refractivity contribution is 7.23. The number of nitriles is 1. The molecule has 3 aromatic rings. The Morgan fingerprint density at radius 3 is 2.50 bits per heavy atom. The molecule has 0 radical (unpaired) electrons. The highest BCUT2D eigenvalue weighted by Gasteiger charge is 2.19. The third kappa shape index (κ3) is 2.09. The lowest BCUT2D eigenvalue weighted by molar-refractivity contribution is 1.33. The summed E-state index contributed by atoms with van der Waals surface area (Å²) in [6, 6.07) is 10.2. The first-order chi connectivity index (χ1) is 9.70. The summed E-state index contributed by atoms with van der Waals surface area (Å²) in [4.78, 5) is 8.05. The van der Waals surface area contributed by atoms with Crippen molar-refractivity contribution in [2.24, 2.45) is 0 Å². The zero-order valence-corrected chi connectivity index (χ0v) is 12.4. The Morgan fingerprint density at radius 1 is 1.15 bits per heavy atom. The summed E-state index contributed by atoms with van der Waals surface area (Å²) in [5, 5.41) is 9.23. The second-order valence-electron chi connectivity index (χ2n) is 4.31. The number of rotatable bonds is 2. The molecule has 3 nitrogen and oxygen atoms in total. The van der Waals surface area contributed by atoms with E-state index in [1.54, 1.807) is 23.7 Å². The molecular weight excluding hydrogens is 286 g/mol. The molecule has 0 saturated carbocycles. The number of nitrogens with two attached hydrogens (primary N) is 1. The van der Waals surface area contributed by atoms with Gasteiger partial charge in [-0.1, -0.05) is 0 Å². The van der Waals surface area contributed by atoms with E-state index in [0.29, 0.717) is 10.6 Å². The summed E-state index contributed by atoms with van der Waals surface area (Å²) in [6.07, 6.45) is 3.48. The maximum atomic E-state index is 9.23. The van der Waals surface area contributed by atoms with Crippen LogP contribution in [-0.4, -0.2) is 4.98 Å². The van der Waals surface area contributed by atoms with Gasteiger partial charge < -0.3 is 5.73 Å². The molecule has 0 aliphatic carbocycles. The maximum absolute atomic E-state index is 9.23. The lowest BCUT2D eigenvalue weighted by Crippen LogP contribution is -1.89. The van der Waals surface area contributed by atoms with E-state index in [9.17, 15) is 5.26 Å². The first-order valence-corrected chi connectivity index (χ1v) is 7.63. The minimum Gasteiger partial charge on any atom is -0.396 e. The topological polar surface area (TPSA) is 62.7 Å². The fraction of sp³-hybridized carbons (Fsp3) is 0.0667. The second-order valence-corrected chi connectivity index (χ2v) is 6.62. The van der Waals surface area contributed by atoms with Crippen molar-refractivity contribution in [3.05, 3.63) is 46.4 Å². The van der Waals surface area contributed by atoms with Crippen molar-refractivity contribution in [3.63, 3.8) is 0 Å². The number of pyridine rings is 1. The first-order valence-electron chi connectivity index (χ1n) is 6.00. The van der Waals surface area contributed by atoms with Gasteiger partial charge in [-0.2, -0.15) is 5.26 Å². The average Bonchev–Trinajstić information content (AvgIpc) is 3.03. The highest BCUT2D eigenvalue weighted by Crippen LogP contribution is 2.46.